The van der Waals surface area contributed by atoms with Crippen molar-refractivity contribution >= 4 is 29.9 Å². The zero-order valence-electron chi connectivity index (χ0n) is 19.7. The SMILES string of the molecule is CN=C(NCc1cccc(OCc2ccccn2)c1)NC1CCN(Cc2ccccc2)CC1.I. The van der Waals surface area contributed by atoms with Gasteiger partial charge in [0.15, 0.2) is 5.96 Å². The monoisotopic (exact) mass is 571 g/mol. The number of nitrogens with zero attached hydrogens (tertiary/aromatic N) is 3. The fourth-order valence-electron chi connectivity index (χ4n) is 4.04. The van der Waals surface area contributed by atoms with Crippen LogP contribution >= 0.6 is 24.0 Å². The van der Waals surface area contributed by atoms with Crippen molar-refractivity contribution in [2.24, 2.45) is 4.99 Å². The highest BCUT2D eigenvalue weighted by atomic mass is 127. The van der Waals surface area contributed by atoms with Gasteiger partial charge in [0.05, 0.1) is 5.69 Å². The summed E-state index contributed by atoms with van der Waals surface area (Å²) < 4.78 is 5.90. The van der Waals surface area contributed by atoms with E-state index in [1.807, 2.05) is 37.4 Å². The zero-order chi connectivity index (χ0) is 22.7. The van der Waals surface area contributed by atoms with Gasteiger partial charge in [-0.2, -0.15) is 0 Å². The quantitative estimate of drug-likeness (QED) is 0.235. The largest absolute Gasteiger partial charge is 0.487 e. The molecule has 1 aliphatic heterocycles. The molecule has 0 radical (unpaired) electrons. The number of aliphatic imine (C=N–C) groups is 1. The molecule has 0 amide bonds. The molecular formula is C27H34IN5O. The van der Waals surface area contributed by atoms with Crippen molar-refractivity contribution in [1.29, 1.82) is 0 Å². The fraction of sp³-hybridized carbons (Fsp3) is 0.333. The Morgan fingerprint density at radius 3 is 2.50 bits per heavy atom. The van der Waals surface area contributed by atoms with Gasteiger partial charge < -0.3 is 15.4 Å². The van der Waals surface area contributed by atoms with Crippen LogP contribution in [-0.4, -0.2) is 42.0 Å². The Kier molecular flexibility index (Phi) is 10.6. The van der Waals surface area contributed by atoms with E-state index in [9.17, 15) is 0 Å². The van der Waals surface area contributed by atoms with Crippen LogP contribution in [0.2, 0.25) is 0 Å². The van der Waals surface area contributed by atoms with Gasteiger partial charge in [-0.15, -0.1) is 24.0 Å². The van der Waals surface area contributed by atoms with Crippen molar-refractivity contribution in [3.63, 3.8) is 0 Å². The number of hydrogen-bond acceptors (Lipinski definition) is 4. The average Bonchev–Trinajstić information content (AvgIpc) is 2.88. The third-order valence-corrected chi connectivity index (χ3v) is 5.87. The van der Waals surface area contributed by atoms with Crippen LogP contribution in [0.4, 0.5) is 0 Å². The maximum Gasteiger partial charge on any atom is 0.191 e. The molecule has 0 aliphatic carbocycles. The standard InChI is InChI=1S/C27H33N5O.HI/c1-28-27(31-24-13-16-32(17-14-24)20-22-8-3-2-4-9-22)30-19-23-10-7-12-26(18-23)33-21-25-11-5-6-15-29-25;/h2-12,15,18,24H,13-14,16-17,19-21H2,1H3,(H2,28,30,31);1H. The lowest BCUT2D eigenvalue weighted by molar-refractivity contribution is 0.198. The molecule has 4 rings (SSSR count). The molecule has 2 heterocycles. The number of piperidine rings is 1. The number of nitrogens with one attached hydrogen (secondary N) is 2. The summed E-state index contributed by atoms with van der Waals surface area (Å²) in [7, 11) is 1.83. The first kappa shape index (κ1) is 26.0. The molecule has 2 N–H and O–H groups in total. The van der Waals surface area contributed by atoms with Crippen molar-refractivity contribution in [2.45, 2.75) is 38.6 Å². The summed E-state index contributed by atoms with van der Waals surface area (Å²) in [5.41, 5.74) is 3.45. The van der Waals surface area contributed by atoms with Gasteiger partial charge in [-0.3, -0.25) is 14.9 Å². The van der Waals surface area contributed by atoms with Gasteiger partial charge in [-0.05, 0) is 48.2 Å². The normalized spacial score (nSPS) is 14.8. The maximum absolute atomic E-state index is 5.90. The summed E-state index contributed by atoms with van der Waals surface area (Å²) >= 11 is 0. The van der Waals surface area contributed by atoms with Crippen molar-refractivity contribution in [3.05, 3.63) is 95.8 Å². The van der Waals surface area contributed by atoms with Gasteiger partial charge in [0.25, 0.3) is 0 Å². The van der Waals surface area contributed by atoms with E-state index in [0.29, 0.717) is 19.2 Å². The van der Waals surface area contributed by atoms with Gasteiger partial charge in [0.1, 0.15) is 12.4 Å². The zero-order valence-corrected chi connectivity index (χ0v) is 22.0. The molecule has 180 valence electrons. The minimum Gasteiger partial charge on any atom is -0.487 e. The van der Waals surface area contributed by atoms with Crippen LogP contribution in [0.3, 0.4) is 0 Å². The number of benzene rings is 2. The molecule has 0 spiro atoms. The molecule has 0 bridgehead atoms. The molecule has 3 aromatic rings. The molecule has 1 aromatic heterocycles. The highest BCUT2D eigenvalue weighted by Crippen LogP contribution is 2.16. The Morgan fingerprint density at radius 2 is 1.76 bits per heavy atom. The first-order valence-corrected chi connectivity index (χ1v) is 11.6. The molecule has 1 saturated heterocycles. The summed E-state index contributed by atoms with van der Waals surface area (Å²) in [4.78, 5) is 11.3. The van der Waals surface area contributed by atoms with E-state index in [2.05, 4.69) is 68.0 Å². The van der Waals surface area contributed by atoms with Crippen LogP contribution in [0, 0.1) is 0 Å². The van der Waals surface area contributed by atoms with Gasteiger partial charge in [0.2, 0.25) is 0 Å². The Hall–Kier alpha value is -2.65. The Labute approximate surface area is 219 Å². The van der Waals surface area contributed by atoms with Crippen LogP contribution in [0.5, 0.6) is 5.75 Å². The maximum atomic E-state index is 5.90. The molecule has 6 nitrogen and oxygen atoms in total. The summed E-state index contributed by atoms with van der Waals surface area (Å²) in [6, 6.07) is 25.1. The fourth-order valence-corrected chi connectivity index (χ4v) is 4.04. The van der Waals surface area contributed by atoms with E-state index in [0.717, 1.165) is 55.4 Å². The summed E-state index contributed by atoms with van der Waals surface area (Å²) in [6.07, 6.45) is 4.01. The highest BCUT2D eigenvalue weighted by molar-refractivity contribution is 14.0. The second kappa shape index (κ2) is 13.9. The van der Waals surface area contributed by atoms with E-state index < -0.39 is 0 Å². The average molecular weight is 572 g/mol. The minimum absolute atomic E-state index is 0. The van der Waals surface area contributed by atoms with E-state index in [4.69, 9.17) is 4.74 Å². The third-order valence-electron chi connectivity index (χ3n) is 5.87. The number of likely N-dealkylation sites (tertiary alicyclic amines) is 1. The Bertz CT molecular complexity index is 1010. The second-order valence-corrected chi connectivity index (χ2v) is 8.36. The van der Waals surface area contributed by atoms with Crippen LogP contribution in [0.15, 0.2) is 84.0 Å². The van der Waals surface area contributed by atoms with Crippen LogP contribution in [-0.2, 0) is 19.7 Å². The molecule has 7 heteroatoms. The van der Waals surface area contributed by atoms with E-state index in [-0.39, 0.29) is 24.0 Å². The lowest BCUT2D eigenvalue weighted by Gasteiger charge is -2.33. The first-order chi connectivity index (χ1) is 16.3. The number of pyridine rings is 1. The summed E-state index contributed by atoms with van der Waals surface area (Å²) in [6.45, 7) is 4.37. The van der Waals surface area contributed by atoms with Crippen LogP contribution < -0.4 is 15.4 Å². The van der Waals surface area contributed by atoms with Crippen molar-refractivity contribution in [3.8, 4) is 5.75 Å². The molecule has 1 fully saturated rings. The van der Waals surface area contributed by atoms with Gasteiger partial charge in [0, 0.05) is 45.5 Å². The number of rotatable bonds is 8. The molecule has 0 atom stereocenters. The number of hydrogen-bond donors (Lipinski definition) is 2. The predicted octanol–water partition coefficient (Wildman–Crippen LogP) is 4.61. The van der Waals surface area contributed by atoms with Crippen molar-refractivity contribution < 1.29 is 4.74 Å². The van der Waals surface area contributed by atoms with Crippen LogP contribution in [0.1, 0.15) is 29.7 Å². The summed E-state index contributed by atoms with van der Waals surface area (Å²) in [5, 5.41) is 7.04. The topological polar surface area (TPSA) is 61.8 Å². The molecule has 1 aliphatic rings. The first-order valence-electron chi connectivity index (χ1n) is 11.6. The molecule has 2 aromatic carbocycles. The van der Waals surface area contributed by atoms with E-state index in [1.54, 1.807) is 6.20 Å². The predicted molar refractivity (Wildman–Crippen MR) is 149 cm³/mol. The number of halogens is 1. The number of guanidine groups is 1. The van der Waals surface area contributed by atoms with E-state index >= 15 is 0 Å². The van der Waals surface area contributed by atoms with Gasteiger partial charge in [-0.25, -0.2) is 0 Å². The smallest absolute Gasteiger partial charge is 0.191 e. The third kappa shape index (κ3) is 8.29. The van der Waals surface area contributed by atoms with E-state index in [1.165, 1.54) is 5.56 Å². The number of aromatic nitrogens is 1. The van der Waals surface area contributed by atoms with Gasteiger partial charge in [-0.1, -0.05) is 48.5 Å². The van der Waals surface area contributed by atoms with Crippen molar-refractivity contribution in [2.75, 3.05) is 20.1 Å². The number of ether oxygens (including phenoxy) is 1. The Morgan fingerprint density at radius 1 is 1.00 bits per heavy atom. The second-order valence-electron chi connectivity index (χ2n) is 8.36. The lowest BCUT2D eigenvalue weighted by atomic mass is 10.0. The molecule has 34 heavy (non-hydrogen) atoms. The molecule has 0 saturated carbocycles. The highest BCUT2D eigenvalue weighted by Gasteiger charge is 2.20. The minimum atomic E-state index is 0. The lowest BCUT2D eigenvalue weighted by Crippen LogP contribution is -2.48. The molecular weight excluding hydrogens is 537 g/mol. The van der Waals surface area contributed by atoms with Gasteiger partial charge >= 0.3 is 0 Å². The van der Waals surface area contributed by atoms with Crippen LogP contribution in [0.25, 0.3) is 0 Å². The molecule has 0 unspecified atom stereocenters. The van der Waals surface area contributed by atoms with Crippen molar-refractivity contribution in [1.82, 2.24) is 20.5 Å². The summed E-state index contributed by atoms with van der Waals surface area (Å²) in [5.74, 6) is 1.69. The Balaban J connectivity index is 0.00000324.